The van der Waals surface area contributed by atoms with Gasteiger partial charge in [0.1, 0.15) is 0 Å². The van der Waals surface area contributed by atoms with Crippen LogP contribution in [0, 0.1) is 5.92 Å². The smallest absolute Gasteiger partial charge is 0.0199 e. The molecular weight excluding hydrogens is 144 g/mol. The van der Waals surface area contributed by atoms with Crippen LogP contribution in [0.4, 0.5) is 0 Å². The minimum atomic E-state index is 0.661. The molecule has 0 rings (SSSR count). The second-order valence-corrected chi connectivity index (χ2v) is 3.49. The van der Waals surface area contributed by atoms with Crippen LogP contribution >= 0.6 is 0 Å². The predicted octanol–water partition coefficient (Wildman–Crippen LogP) is 4.34. The molecule has 0 radical (unpaired) electrons. The zero-order valence-corrected chi connectivity index (χ0v) is 8.60. The molecule has 0 bridgehead atoms. The minimum Gasteiger partial charge on any atom is -0.103 e. The van der Waals surface area contributed by atoms with E-state index in [1.54, 1.807) is 0 Å². The van der Waals surface area contributed by atoms with Crippen molar-refractivity contribution in [1.29, 1.82) is 0 Å². The topological polar surface area (TPSA) is 0 Å². The summed E-state index contributed by atoms with van der Waals surface area (Å²) >= 11 is 0. The van der Waals surface area contributed by atoms with E-state index in [2.05, 4.69) is 33.1 Å². The van der Waals surface area contributed by atoms with Crippen molar-refractivity contribution in [3.8, 4) is 0 Å². The van der Waals surface area contributed by atoms with E-state index < -0.39 is 0 Å². The van der Waals surface area contributed by atoms with Crippen LogP contribution in [-0.2, 0) is 0 Å². The zero-order chi connectivity index (χ0) is 9.40. The van der Waals surface area contributed by atoms with E-state index in [-0.39, 0.29) is 0 Å². The number of hydrogen-bond donors (Lipinski definition) is 0. The van der Waals surface area contributed by atoms with Gasteiger partial charge in [0.25, 0.3) is 0 Å². The van der Waals surface area contributed by atoms with E-state index in [1.165, 1.54) is 31.3 Å². The van der Waals surface area contributed by atoms with E-state index >= 15 is 0 Å². The molecule has 0 aromatic carbocycles. The first-order valence-electron chi connectivity index (χ1n) is 5.03. The van der Waals surface area contributed by atoms with Gasteiger partial charge >= 0.3 is 0 Å². The quantitative estimate of drug-likeness (QED) is 0.494. The van der Waals surface area contributed by atoms with Crippen LogP contribution < -0.4 is 0 Å². The van der Waals surface area contributed by atoms with Gasteiger partial charge in [-0.25, -0.2) is 0 Å². The first kappa shape index (κ1) is 11.5. The predicted molar refractivity (Wildman–Crippen MR) is 57.3 cm³/mol. The summed E-state index contributed by atoms with van der Waals surface area (Å²) in [6.07, 6.45) is 8.11. The van der Waals surface area contributed by atoms with Gasteiger partial charge in [-0.2, -0.15) is 0 Å². The average molecular weight is 166 g/mol. The molecule has 0 fully saturated rings. The molecule has 12 heavy (non-hydrogen) atoms. The largest absolute Gasteiger partial charge is 0.103 e. The van der Waals surface area contributed by atoms with Gasteiger partial charge in [-0.15, -0.1) is 6.58 Å². The van der Waals surface area contributed by atoms with Crippen LogP contribution in [0.2, 0.25) is 0 Å². The number of rotatable bonds is 7. The molecule has 0 aliphatic carbocycles. The number of hydrogen-bond acceptors (Lipinski definition) is 0. The summed E-state index contributed by atoms with van der Waals surface area (Å²) in [5.74, 6) is 0.661. The maximum Gasteiger partial charge on any atom is -0.0199 e. The fourth-order valence-corrected chi connectivity index (χ4v) is 1.50. The van der Waals surface area contributed by atoms with E-state index in [0.717, 1.165) is 6.42 Å². The molecule has 70 valence electrons. The van der Waals surface area contributed by atoms with Gasteiger partial charge in [0.2, 0.25) is 0 Å². The molecule has 1 unspecified atom stereocenters. The maximum absolute atomic E-state index is 4.07. The van der Waals surface area contributed by atoms with Gasteiger partial charge in [-0.3, -0.25) is 0 Å². The fraction of sp³-hybridized carbons (Fsp3) is 0.667. The highest BCUT2D eigenvalue weighted by molar-refractivity contribution is 4.98. The second kappa shape index (κ2) is 7.15. The third kappa shape index (κ3) is 5.17. The Morgan fingerprint density at radius 1 is 1.33 bits per heavy atom. The summed E-state index contributed by atoms with van der Waals surface area (Å²) < 4.78 is 0. The highest BCUT2D eigenvalue weighted by atomic mass is 14.1. The van der Waals surface area contributed by atoms with Crippen LogP contribution in [0.15, 0.2) is 24.8 Å². The molecule has 1 atom stereocenters. The Labute approximate surface area is 77.4 Å². The van der Waals surface area contributed by atoms with Crippen molar-refractivity contribution in [1.82, 2.24) is 0 Å². The Morgan fingerprint density at radius 3 is 2.42 bits per heavy atom. The van der Waals surface area contributed by atoms with Crippen molar-refractivity contribution in [3.63, 3.8) is 0 Å². The Bertz CT molecular complexity index is 133. The van der Waals surface area contributed by atoms with E-state index in [0.29, 0.717) is 5.92 Å². The third-order valence-corrected chi connectivity index (χ3v) is 2.15. The zero-order valence-electron chi connectivity index (χ0n) is 8.60. The lowest BCUT2D eigenvalue weighted by atomic mass is 9.94. The molecule has 0 heteroatoms. The first-order chi connectivity index (χ1) is 5.74. The molecule has 0 aliphatic rings. The lowest BCUT2D eigenvalue weighted by molar-refractivity contribution is 0.566. The van der Waals surface area contributed by atoms with E-state index in [1.807, 2.05) is 0 Å². The molecule has 0 N–H and O–H groups in total. The Balaban J connectivity index is 3.68. The number of allylic oxidation sites excluding steroid dienone is 2. The average Bonchev–Trinajstić information content (AvgIpc) is 2.04. The Kier molecular flexibility index (Phi) is 6.84. The Hall–Kier alpha value is -0.520. The van der Waals surface area contributed by atoms with Crippen LogP contribution in [0.25, 0.3) is 0 Å². The summed E-state index contributed by atoms with van der Waals surface area (Å²) in [6, 6.07) is 0. The molecular formula is C12H22. The Morgan fingerprint density at radius 2 is 2.00 bits per heavy atom. The van der Waals surface area contributed by atoms with Crippen molar-refractivity contribution in [2.75, 3.05) is 0 Å². The third-order valence-electron chi connectivity index (χ3n) is 2.15. The van der Waals surface area contributed by atoms with Crippen LogP contribution in [0.5, 0.6) is 0 Å². The molecule has 0 aromatic heterocycles. The van der Waals surface area contributed by atoms with E-state index in [9.17, 15) is 0 Å². The lowest BCUT2D eigenvalue weighted by Crippen LogP contribution is -1.97. The summed E-state index contributed by atoms with van der Waals surface area (Å²) in [4.78, 5) is 0. The molecule has 0 aromatic rings. The molecule has 0 spiro atoms. The molecule has 0 saturated heterocycles. The van der Waals surface area contributed by atoms with Crippen molar-refractivity contribution >= 4 is 0 Å². The standard InChI is InChI=1S/C12H22/c1-5-8-11(4)10-12(7-3)9-6-2/h7,12H,3-6,8-10H2,1-2H3. The summed E-state index contributed by atoms with van der Waals surface area (Å²) in [7, 11) is 0. The summed E-state index contributed by atoms with van der Waals surface area (Å²) in [5, 5.41) is 0. The highest BCUT2D eigenvalue weighted by Gasteiger charge is 2.04. The first-order valence-corrected chi connectivity index (χ1v) is 5.03. The molecule has 0 saturated carbocycles. The lowest BCUT2D eigenvalue weighted by Gasteiger charge is -2.12. The SMILES string of the molecule is C=CC(CCC)CC(=C)CCC. The van der Waals surface area contributed by atoms with Gasteiger partial charge < -0.3 is 0 Å². The second-order valence-electron chi connectivity index (χ2n) is 3.49. The van der Waals surface area contributed by atoms with Crippen LogP contribution in [-0.4, -0.2) is 0 Å². The van der Waals surface area contributed by atoms with E-state index in [4.69, 9.17) is 0 Å². The summed E-state index contributed by atoms with van der Waals surface area (Å²) in [6.45, 7) is 12.3. The van der Waals surface area contributed by atoms with Gasteiger partial charge in [0.05, 0.1) is 0 Å². The highest BCUT2D eigenvalue weighted by Crippen LogP contribution is 2.19. The minimum absolute atomic E-state index is 0.661. The van der Waals surface area contributed by atoms with Crippen LogP contribution in [0.3, 0.4) is 0 Å². The van der Waals surface area contributed by atoms with Crippen LogP contribution in [0.1, 0.15) is 46.0 Å². The van der Waals surface area contributed by atoms with Gasteiger partial charge in [0.15, 0.2) is 0 Å². The van der Waals surface area contributed by atoms with Crippen molar-refractivity contribution < 1.29 is 0 Å². The van der Waals surface area contributed by atoms with Gasteiger partial charge in [-0.1, -0.05) is 44.9 Å². The maximum atomic E-state index is 4.07. The van der Waals surface area contributed by atoms with Crippen molar-refractivity contribution in [2.45, 2.75) is 46.0 Å². The van der Waals surface area contributed by atoms with Gasteiger partial charge in [0, 0.05) is 0 Å². The molecule has 0 nitrogen and oxygen atoms in total. The fourth-order valence-electron chi connectivity index (χ4n) is 1.50. The van der Waals surface area contributed by atoms with Crippen molar-refractivity contribution in [3.05, 3.63) is 24.8 Å². The summed E-state index contributed by atoms with van der Waals surface area (Å²) in [5.41, 5.74) is 1.39. The van der Waals surface area contributed by atoms with Crippen molar-refractivity contribution in [2.24, 2.45) is 5.92 Å². The molecule has 0 aliphatic heterocycles. The normalized spacial score (nSPS) is 12.5. The molecule has 0 amide bonds. The monoisotopic (exact) mass is 166 g/mol. The molecule has 0 heterocycles. The van der Waals surface area contributed by atoms with Gasteiger partial charge in [-0.05, 0) is 25.2 Å².